The van der Waals surface area contributed by atoms with E-state index in [4.69, 9.17) is 4.74 Å². The van der Waals surface area contributed by atoms with Gasteiger partial charge >= 0.3 is 6.18 Å². The zero-order chi connectivity index (χ0) is 23.7. The van der Waals surface area contributed by atoms with Crippen LogP contribution in [-0.2, 0) is 27.5 Å². The van der Waals surface area contributed by atoms with Gasteiger partial charge in [0, 0.05) is 25.2 Å². The predicted molar refractivity (Wildman–Crippen MR) is 108 cm³/mol. The summed E-state index contributed by atoms with van der Waals surface area (Å²) in [4.78, 5) is 12.3. The summed E-state index contributed by atoms with van der Waals surface area (Å²) in [7, 11) is -3.79. The van der Waals surface area contributed by atoms with Gasteiger partial charge in [-0.15, -0.1) is 0 Å². The van der Waals surface area contributed by atoms with Crippen molar-refractivity contribution in [2.75, 3.05) is 13.1 Å². The van der Waals surface area contributed by atoms with Crippen LogP contribution in [0.3, 0.4) is 0 Å². The van der Waals surface area contributed by atoms with Gasteiger partial charge in [-0.2, -0.15) is 17.5 Å². The smallest absolute Gasteiger partial charge is 0.373 e. The monoisotopic (exact) mass is 474 g/mol. The van der Waals surface area contributed by atoms with Crippen LogP contribution >= 0.6 is 0 Å². The molecule has 0 radical (unpaired) electrons. The Morgan fingerprint density at radius 1 is 1.09 bits per heavy atom. The van der Waals surface area contributed by atoms with Crippen LogP contribution in [0.25, 0.3) is 0 Å². The molecule has 2 aromatic rings. The average Bonchev–Trinajstić information content (AvgIpc) is 2.71. The van der Waals surface area contributed by atoms with E-state index in [1.807, 2.05) is 0 Å². The van der Waals surface area contributed by atoms with Crippen molar-refractivity contribution in [3.8, 4) is 0 Å². The molecule has 1 aliphatic rings. The molecule has 0 aromatic heterocycles. The van der Waals surface area contributed by atoms with Crippen LogP contribution in [0.1, 0.15) is 35.3 Å². The van der Waals surface area contributed by atoms with Crippen LogP contribution in [0.4, 0.5) is 17.6 Å². The van der Waals surface area contributed by atoms with Gasteiger partial charge in [-0.1, -0.05) is 6.07 Å². The predicted octanol–water partition coefficient (Wildman–Crippen LogP) is 3.57. The topological polar surface area (TPSA) is 75.7 Å². The van der Waals surface area contributed by atoms with Gasteiger partial charge in [0.1, 0.15) is 5.82 Å². The van der Waals surface area contributed by atoms with E-state index in [1.165, 1.54) is 28.6 Å². The van der Waals surface area contributed by atoms with E-state index in [0.29, 0.717) is 6.07 Å². The van der Waals surface area contributed by atoms with Gasteiger partial charge in [0.2, 0.25) is 10.0 Å². The van der Waals surface area contributed by atoms with Gasteiger partial charge in [-0.3, -0.25) is 4.79 Å². The first-order valence-corrected chi connectivity index (χ1v) is 11.2. The Morgan fingerprint density at radius 2 is 1.69 bits per heavy atom. The summed E-state index contributed by atoms with van der Waals surface area (Å²) < 4.78 is 85.0. The summed E-state index contributed by atoms with van der Waals surface area (Å²) >= 11 is 0. The minimum absolute atomic E-state index is 0.00626. The molecule has 1 saturated heterocycles. The number of morpholine rings is 1. The molecule has 1 aliphatic heterocycles. The second kappa shape index (κ2) is 9.16. The molecule has 2 atom stereocenters. The summed E-state index contributed by atoms with van der Waals surface area (Å²) in [5, 5.41) is 2.34. The molecule has 1 heterocycles. The van der Waals surface area contributed by atoms with Gasteiger partial charge < -0.3 is 10.1 Å². The average molecular weight is 474 g/mol. The molecule has 6 nitrogen and oxygen atoms in total. The molecular weight excluding hydrogens is 452 g/mol. The molecule has 2 unspecified atom stereocenters. The van der Waals surface area contributed by atoms with Crippen LogP contribution in [0, 0.1) is 5.82 Å². The Bertz CT molecular complexity index is 1080. The quantitative estimate of drug-likeness (QED) is 0.673. The molecule has 0 saturated carbocycles. The first-order valence-electron chi connectivity index (χ1n) is 9.77. The Kier molecular flexibility index (Phi) is 6.91. The van der Waals surface area contributed by atoms with Crippen LogP contribution in [-0.4, -0.2) is 43.9 Å². The SMILES string of the molecule is CC1CN(S(=O)(=O)c2ccc(C(=O)NCc3ccc(F)cc3C(F)(F)F)cc2)CC(C)O1. The lowest BCUT2D eigenvalue weighted by molar-refractivity contribution is -0.138. The fraction of sp³-hybridized carbons (Fsp3) is 0.381. The highest BCUT2D eigenvalue weighted by Gasteiger charge is 2.34. The molecule has 1 amide bonds. The lowest BCUT2D eigenvalue weighted by Crippen LogP contribution is -2.48. The molecule has 0 spiro atoms. The number of nitrogens with zero attached hydrogens (tertiary/aromatic N) is 1. The third kappa shape index (κ3) is 5.45. The number of hydrogen-bond donors (Lipinski definition) is 1. The maximum Gasteiger partial charge on any atom is 0.416 e. The number of hydrogen-bond acceptors (Lipinski definition) is 4. The zero-order valence-corrected chi connectivity index (χ0v) is 18.1. The number of ether oxygens (including phenoxy) is 1. The molecule has 174 valence electrons. The third-order valence-electron chi connectivity index (χ3n) is 4.96. The number of rotatable bonds is 5. The highest BCUT2D eigenvalue weighted by atomic mass is 32.2. The Balaban J connectivity index is 1.71. The zero-order valence-electron chi connectivity index (χ0n) is 17.3. The molecule has 11 heteroatoms. The maximum absolute atomic E-state index is 13.2. The highest BCUT2D eigenvalue weighted by molar-refractivity contribution is 7.89. The molecule has 3 rings (SSSR count). The molecular formula is C21H22F4N2O4S. The van der Waals surface area contributed by atoms with E-state index in [2.05, 4.69) is 5.32 Å². The van der Waals surface area contributed by atoms with E-state index in [1.54, 1.807) is 13.8 Å². The van der Waals surface area contributed by atoms with Crippen molar-refractivity contribution >= 4 is 15.9 Å². The summed E-state index contributed by atoms with van der Waals surface area (Å²) in [6, 6.07) is 7.31. The van der Waals surface area contributed by atoms with Crippen molar-refractivity contribution in [3.63, 3.8) is 0 Å². The Hall–Kier alpha value is -2.50. The minimum Gasteiger partial charge on any atom is -0.373 e. The van der Waals surface area contributed by atoms with Crippen molar-refractivity contribution in [1.82, 2.24) is 9.62 Å². The van der Waals surface area contributed by atoms with E-state index < -0.39 is 40.0 Å². The molecule has 0 bridgehead atoms. The number of halogens is 4. The number of sulfonamides is 1. The molecule has 32 heavy (non-hydrogen) atoms. The highest BCUT2D eigenvalue weighted by Crippen LogP contribution is 2.32. The summed E-state index contributed by atoms with van der Waals surface area (Å²) in [6.07, 6.45) is -5.29. The molecule has 1 fully saturated rings. The van der Waals surface area contributed by atoms with Crippen LogP contribution in [0.2, 0.25) is 0 Å². The fourth-order valence-corrected chi connectivity index (χ4v) is 5.09. The number of amides is 1. The second-order valence-corrected chi connectivity index (χ2v) is 9.52. The van der Waals surface area contributed by atoms with Gasteiger partial charge in [0.15, 0.2) is 0 Å². The molecule has 1 N–H and O–H groups in total. The van der Waals surface area contributed by atoms with Crippen molar-refractivity contribution in [1.29, 1.82) is 0 Å². The van der Waals surface area contributed by atoms with E-state index in [-0.39, 0.29) is 41.3 Å². The van der Waals surface area contributed by atoms with Crippen molar-refractivity contribution in [2.24, 2.45) is 0 Å². The van der Waals surface area contributed by atoms with Crippen LogP contribution < -0.4 is 5.32 Å². The second-order valence-electron chi connectivity index (χ2n) is 7.59. The van der Waals surface area contributed by atoms with Crippen molar-refractivity contribution < 1.29 is 35.5 Å². The Morgan fingerprint density at radius 3 is 2.25 bits per heavy atom. The normalized spacial score (nSPS) is 20.2. The Labute approximate surface area is 183 Å². The van der Waals surface area contributed by atoms with Gasteiger partial charge in [-0.25, -0.2) is 12.8 Å². The van der Waals surface area contributed by atoms with Crippen LogP contribution in [0.15, 0.2) is 47.4 Å². The molecule has 2 aromatic carbocycles. The number of nitrogens with one attached hydrogen (secondary N) is 1. The molecule has 0 aliphatic carbocycles. The van der Waals surface area contributed by atoms with Crippen LogP contribution in [0.5, 0.6) is 0 Å². The van der Waals surface area contributed by atoms with Crippen molar-refractivity contribution in [3.05, 3.63) is 65.0 Å². The standard InChI is InChI=1S/C21H22F4N2O4S/c1-13-11-27(12-14(2)31-13)32(29,30)18-7-4-15(5-8-18)20(28)26-10-16-3-6-17(22)9-19(16)21(23,24)25/h3-9,13-14H,10-12H2,1-2H3,(H,26,28). The lowest BCUT2D eigenvalue weighted by atomic mass is 10.1. The lowest BCUT2D eigenvalue weighted by Gasteiger charge is -2.34. The minimum atomic E-state index is -4.77. The van der Waals surface area contributed by atoms with Gasteiger partial charge in [0.05, 0.1) is 22.7 Å². The van der Waals surface area contributed by atoms with Crippen molar-refractivity contribution in [2.45, 2.75) is 43.7 Å². The first kappa shape index (κ1) is 24.1. The maximum atomic E-state index is 13.2. The first-order chi connectivity index (χ1) is 14.9. The fourth-order valence-electron chi connectivity index (χ4n) is 3.50. The van der Waals surface area contributed by atoms with Gasteiger partial charge in [0.25, 0.3) is 5.91 Å². The number of benzene rings is 2. The number of carbonyl (C=O) groups is 1. The van der Waals surface area contributed by atoms with E-state index in [0.717, 1.165) is 12.1 Å². The van der Waals surface area contributed by atoms with E-state index in [9.17, 15) is 30.8 Å². The van der Waals surface area contributed by atoms with Gasteiger partial charge in [-0.05, 0) is 55.8 Å². The largest absolute Gasteiger partial charge is 0.416 e. The summed E-state index contributed by atoms with van der Waals surface area (Å²) in [5.74, 6) is -1.73. The summed E-state index contributed by atoms with van der Waals surface area (Å²) in [6.45, 7) is 3.48. The number of carbonyl (C=O) groups excluding carboxylic acids is 1. The number of alkyl halides is 3. The summed E-state index contributed by atoms with van der Waals surface area (Å²) in [5.41, 5.74) is -1.39. The third-order valence-corrected chi connectivity index (χ3v) is 6.80. The van der Waals surface area contributed by atoms with E-state index >= 15 is 0 Å².